The maximum Gasteiger partial charge on any atom is 0.313 e. The van der Waals surface area contributed by atoms with E-state index in [-0.39, 0.29) is 48.5 Å². The van der Waals surface area contributed by atoms with E-state index >= 15 is 0 Å². The number of hydrogen-bond donors (Lipinski definition) is 1. The monoisotopic (exact) mass is 701 g/mol. The number of fused-ring (bicyclic) bond motifs is 1. The first-order valence-electron chi connectivity index (χ1n) is 16.3. The zero-order valence-electron chi connectivity index (χ0n) is 27.2. The number of carbonyl (C=O) groups excluding carboxylic acids is 4. The Balaban J connectivity index is 1.69. The van der Waals surface area contributed by atoms with Crippen LogP contribution in [0.2, 0.25) is 0 Å². The topological polar surface area (TPSA) is 117 Å². The Hall–Kier alpha value is -3.02. The average Bonchev–Trinajstić information content (AvgIpc) is 3.65. The summed E-state index contributed by atoms with van der Waals surface area (Å²) < 4.78 is 12.9. The van der Waals surface area contributed by atoms with Crippen LogP contribution in [0.4, 0.5) is 0 Å². The Morgan fingerprint density at radius 2 is 1.93 bits per heavy atom. The van der Waals surface area contributed by atoms with Crippen LogP contribution in [0.1, 0.15) is 64.0 Å². The molecule has 0 aromatic heterocycles. The van der Waals surface area contributed by atoms with Gasteiger partial charge >= 0.3 is 5.97 Å². The van der Waals surface area contributed by atoms with Crippen molar-refractivity contribution in [2.75, 3.05) is 33.3 Å². The molecule has 3 saturated heterocycles. The Morgan fingerprint density at radius 3 is 2.57 bits per heavy atom. The molecular formula is C35H48BrN3O7. The van der Waals surface area contributed by atoms with Gasteiger partial charge in [-0.15, -0.1) is 13.2 Å². The van der Waals surface area contributed by atoms with Crippen molar-refractivity contribution in [1.82, 2.24) is 14.7 Å². The van der Waals surface area contributed by atoms with Crippen LogP contribution in [0.5, 0.6) is 0 Å². The van der Waals surface area contributed by atoms with Crippen LogP contribution in [0, 0.1) is 11.8 Å². The molecule has 8 atom stereocenters. The van der Waals surface area contributed by atoms with Crippen LogP contribution < -0.4 is 0 Å². The highest BCUT2D eigenvalue weighted by molar-refractivity contribution is 9.09. The van der Waals surface area contributed by atoms with Gasteiger partial charge in [-0.2, -0.15) is 0 Å². The minimum Gasteiger partial charge on any atom is -0.455 e. The van der Waals surface area contributed by atoms with E-state index in [1.807, 2.05) is 44.2 Å². The van der Waals surface area contributed by atoms with Crippen molar-refractivity contribution in [3.8, 4) is 0 Å². The summed E-state index contributed by atoms with van der Waals surface area (Å²) >= 11 is 3.72. The summed E-state index contributed by atoms with van der Waals surface area (Å²) in [5.41, 5.74) is -0.518. The first-order chi connectivity index (χ1) is 22.1. The number of aliphatic hydroxyl groups is 1. The number of ether oxygens (including phenoxy) is 2. The number of nitrogens with zero attached hydrogens (tertiary/aromatic N) is 3. The second kappa shape index (κ2) is 15.7. The minimum atomic E-state index is -1.23. The zero-order valence-corrected chi connectivity index (χ0v) is 28.8. The van der Waals surface area contributed by atoms with Gasteiger partial charge in [-0.05, 0) is 38.2 Å². The third-order valence-corrected chi connectivity index (χ3v) is 10.5. The molecule has 4 rings (SSSR count). The van der Waals surface area contributed by atoms with Gasteiger partial charge in [-0.25, -0.2) is 0 Å². The molecule has 3 amide bonds. The summed E-state index contributed by atoms with van der Waals surface area (Å²) in [7, 11) is 1.69. The molecule has 3 heterocycles. The van der Waals surface area contributed by atoms with Crippen LogP contribution in [0.3, 0.4) is 0 Å². The molecule has 3 aliphatic rings. The van der Waals surface area contributed by atoms with Crippen molar-refractivity contribution in [2.24, 2.45) is 11.8 Å². The summed E-state index contributed by atoms with van der Waals surface area (Å²) in [6, 6.07) is 7.77. The number of unbranched alkanes of at least 4 members (excludes halogenated alkanes) is 1. The van der Waals surface area contributed by atoms with E-state index in [2.05, 4.69) is 29.1 Å². The van der Waals surface area contributed by atoms with Gasteiger partial charge in [-0.3, -0.25) is 19.2 Å². The van der Waals surface area contributed by atoms with E-state index in [0.717, 1.165) is 12.8 Å². The predicted molar refractivity (Wildman–Crippen MR) is 178 cm³/mol. The number of esters is 1. The van der Waals surface area contributed by atoms with Crippen LogP contribution in [0.25, 0.3) is 0 Å². The normalized spacial score (nSPS) is 27.5. The molecule has 1 N–H and O–H groups in total. The number of amides is 3. The summed E-state index contributed by atoms with van der Waals surface area (Å²) in [5, 5.41) is 9.66. The molecule has 1 unspecified atom stereocenters. The van der Waals surface area contributed by atoms with Crippen molar-refractivity contribution in [2.45, 2.75) is 87.1 Å². The molecule has 11 heteroatoms. The van der Waals surface area contributed by atoms with Gasteiger partial charge in [0.1, 0.15) is 17.7 Å². The largest absolute Gasteiger partial charge is 0.455 e. The van der Waals surface area contributed by atoms with Crippen molar-refractivity contribution in [1.29, 1.82) is 0 Å². The van der Waals surface area contributed by atoms with Crippen LogP contribution in [-0.4, -0.2) is 105 Å². The van der Waals surface area contributed by atoms with Gasteiger partial charge in [0, 0.05) is 44.5 Å². The SMILES string of the molecule is C=CCCC(=O)N(C)[C@@H](C)[C@@H](OC(=O)[C@H]1[C@@H]2O[C@@]3(CC2Br)[C@@H]1C(=O)N(CCCO)[C@@H]3C(=O)N(CC=C)CCCC)c1ccccc1. The molecule has 0 aliphatic carbocycles. The molecule has 2 bridgehead atoms. The number of rotatable bonds is 17. The number of carbonyl (C=O) groups is 4. The highest BCUT2D eigenvalue weighted by Gasteiger charge is 2.77. The second-order valence-corrected chi connectivity index (χ2v) is 13.7. The van der Waals surface area contributed by atoms with Crippen molar-refractivity contribution >= 4 is 39.6 Å². The minimum absolute atomic E-state index is 0.105. The number of aliphatic hydroxyl groups excluding tert-OH is 1. The lowest BCUT2D eigenvalue weighted by atomic mass is 9.70. The maximum atomic E-state index is 14.3. The van der Waals surface area contributed by atoms with Crippen molar-refractivity contribution < 1.29 is 33.8 Å². The molecule has 0 saturated carbocycles. The van der Waals surface area contributed by atoms with E-state index in [0.29, 0.717) is 31.5 Å². The number of likely N-dealkylation sites (tertiary alicyclic amines) is 1. The van der Waals surface area contributed by atoms with E-state index < -0.39 is 47.7 Å². The Morgan fingerprint density at radius 1 is 1.22 bits per heavy atom. The standard InChI is InChI=1S/C35H48BrN3O7/c1-6-9-17-26(41)37(5)23(4)29(24-15-12-11-13-16-24)45-34(44)27-28-32(42)39(20-14-21-40)31(35(28)22-25(36)30(27)46-35)33(43)38(18-8-3)19-10-7-2/h6,8,11-13,15-16,23,25,27-31,40H,1,3,7,9-10,14,17-22H2,2,4-5H3/t23-,25?,27+,28-,29+,30+,31+,35-/m0/s1. The number of allylic oxidation sites excluding steroid dienone is 1. The fraction of sp³-hybridized carbons (Fsp3) is 0.600. The molecule has 3 aliphatic heterocycles. The third-order valence-electron chi connectivity index (χ3n) is 9.67. The molecule has 1 spiro atoms. The number of halogens is 1. The first-order valence-corrected chi connectivity index (χ1v) is 17.2. The molecule has 1 aromatic carbocycles. The van der Waals surface area contributed by atoms with Gasteiger partial charge in [-0.1, -0.05) is 71.8 Å². The number of hydrogen-bond acceptors (Lipinski definition) is 7. The average molecular weight is 703 g/mol. The van der Waals surface area contributed by atoms with E-state index in [1.54, 1.807) is 29.0 Å². The third kappa shape index (κ3) is 6.82. The molecule has 46 heavy (non-hydrogen) atoms. The van der Waals surface area contributed by atoms with Crippen molar-refractivity contribution in [3.05, 3.63) is 61.2 Å². The number of likely N-dealkylation sites (N-methyl/N-ethyl adjacent to an activating group) is 1. The van der Waals surface area contributed by atoms with Gasteiger partial charge in [0.05, 0.1) is 24.0 Å². The summed E-state index contributed by atoms with van der Waals surface area (Å²) in [6.07, 6.45) is 5.00. The van der Waals surface area contributed by atoms with Gasteiger partial charge in [0.15, 0.2) is 0 Å². The van der Waals surface area contributed by atoms with E-state index in [1.165, 1.54) is 4.90 Å². The molecule has 252 valence electrons. The van der Waals surface area contributed by atoms with Gasteiger partial charge < -0.3 is 29.3 Å². The second-order valence-electron chi connectivity index (χ2n) is 12.5. The Labute approximate surface area is 280 Å². The lowest BCUT2D eigenvalue weighted by Gasteiger charge is -2.37. The predicted octanol–water partition coefficient (Wildman–Crippen LogP) is 4.03. The highest BCUT2D eigenvalue weighted by atomic mass is 79.9. The highest BCUT2D eigenvalue weighted by Crippen LogP contribution is 2.60. The summed E-state index contributed by atoms with van der Waals surface area (Å²) in [6.45, 7) is 12.2. The van der Waals surface area contributed by atoms with Gasteiger partial charge in [0.25, 0.3) is 0 Å². The Kier molecular flexibility index (Phi) is 12.2. The molecule has 10 nitrogen and oxygen atoms in total. The Bertz CT molecular complexity index is 1280. The lowest BCUT2D eigenvalue weighted by Crippen LogP contribution is -2.57. The number of alkyl halides is 1. The summed E-state index contributed by atoms with van der Waals surface area (Å²) in [5.74, 6) is -3.19. The number of benzene rings is 1. The fourth-order valence-corrected chi connectivity index (χ4v) is 8.20. The van der Waals surface area contributed by atoms with E-state index in [9.17, 15) is 24.3 Å². The van der Waals surface area contributed by atoms with Crippen LogP contribution in [-0.2, 0) is 28.7 Å². The molecular weight excluding hydrogens is 654 g/mol. The van der Waals surface area contributed by atoms with Crippen molar-refractivity contribution in [3.63, 3.8) is 0 Å². The maximum absolute atomic E-state index is 14.3. The zero-order chi connectivity index (χ0) is 33.6. The molecule has 1 aromatic rings. The first kappa shape index (κ1) is 35.8. The summed E-state index contributed by atoms with van der Waals surface area (Å²) in [4.78, 5) is 60.4. The fourth-order valence-electron chi connectivity index (χ4n) is 7.25. The van der Waals surface area contributed by atoms with Crippen LogP contribution in [0.15, 0.2) is 55.6 Å². The van der Waals surface area contributed by atoms with Crippen LogP contribution >= 0.6 is 15.9 Å². The quantitative estimate of drug-likeness (QED) is 0.148. The smallest absolute Gasteiger partial charge is 0.313 e. The molecule has 3 fully saturated rings. The lowest BCUT2D eigenvalue weighted by molar-refractivity contribution is -0.164. The van der Waals surface area contributed by atoms with Gasteiger partial charge in [0.2, 0.25) is 17.7 Å². The molecule has 0 radical (unpaired) electrons. The van der Waals surface area contributed by atoms with E-state index in [4.69, 9.17) is 9.47 Å².